The van der Waals surface area contributed by atoms with Crippen molar-refractivity contribution in [3.63, 3.8) is 0 Å². The largest absolute Gasteiger partial charge is 0.297 e. The van der Waals surface area contributed by atoms with Gasteiger partial charge in [-0.3, -0.25) is 20.1 Å². The summed E-state index contributed by atoms with van der Waals surface area (Å²) in [4.78, 5) is 17.6. The average Bonchev–Trinajstić information content (AvgIpc) is 2.77. The number of benzene rings is 1. The van der Waals surface area contributed by atoms with Crippen molar-refractivity contribution in [1.82, 2.24) is 18.5 Å². The van der Waals surface area contributed by atoms with Crippen molar-refractivity contribution in [2.24, 2.45) is 0 Å². The number of hydrogen-bond acceptors (Lipinski definition) is 6. The molecule has 174 valence electrons. The maximum atomic E-state index is 14.3. The molecule has 0 unspecified atom stereocenters. The number of amides is 1. The lowest BCUT2D eigenvalue weighted by Gasteiger charge is -2.37. The first-order chi connectivity index (χ1) is 15.2. The summed E-state index contributed by atoms with van der Waals surface area (Å²) in [5.41, 5.74) is 4.57. The minimum absolute atomic E-state index is 0.154. The number of rotatable bonds is 9. The number of halogens is 1. The van der Waals surface area contributed by atoms with Gasteiger partial charge in [-0.05, 0) is 55.3 Å². The van der Waals surface area contributed by atoms with Crippen molar-refractivity contribution in [1.29, 1.82) is 0 Å². The molecule has 0 aliphatic carbocycles. The van der Waals surface area contributed by atoms with Crippen molar-refractivity contribution in [3.8, 4) is 0 Å². The molecule has 1 N–H and O–H groups in total. The van der Waals surface area contributed by atoms with Crippen LogP contribution >= 0.6 is 0 Å². The van der Waals surface area contributed by atoms with Crippen molar-refractivity contribution >= 4 is 28.0 Å². The zero-order valence-corrected chi connectivity index (χ0v) is 19.3. The van der Waals surface area contributed by atoms with Gasteiger partial charge in [0, 0.05) is 46.5 Å². The number of hydrazine groups is 1. The van der Waals surface area contributed by atoms with Gasteiger partial charge in [0.15, 0.2) is 0 Å². The number of carbonyl (C=O) groups is 1. The second-order valence-electron chi connectivity index (χ2n) is 7.98. The zero-order chi connectivity index (χ0) is 23.3. The predicted molar refractivity (Wildman–Crippen MR) is 121 cm³/mol. The summed E-state index contributed by atoms with van der Waals surface area (Å²) in [5.74, 6) is -0.428. The molecule has 0 spiro atoms. The Bertz CT molecular complexity index is 1020. The summed E-state index contributed by atoms with van der Waals surface area (Å²) in [5, 5.41) is 1.23. The monoisotopic (exact) mass is 464 g/mol. The molecule has 1 atom stereocenters. The fraction of sp³-hybridized carbons (Fsp3) is 0.429. The SMILES string of the molecule is CN(C)S(=O)(=O)N(C)[C@@H]1CCCN(Cc2cc(F)cc(NN(C=O)c3cccnc3)c2)C1. The van der Waals surface area contributed by atoms with E-state index in [4.69, 9.17) is 0 Å². The number of hydrogen-bond donors (Lipinski definition) is 1. The number of likely N-dealkylation sites (N-methyl/N-ethyl adjacent to an activating group) is 1. The van der Waals surface area contributed by atoms with Crippen LogP contribution in [0.25, 0.3) is 0 Å². The highest BCUT2D eigenvalue weighted by molar-refractivity contribution is 7.86. The van der Waals surface area contributed by atoms with Gasteiger partial charge in [0.25, 0.3) is 10.2 Å². The minimum atomic E-state index is -3.50. The lowest BCUT2D eigenvalue weighted by Crippen LogP contribution is -2.50. The summed E-state index contributed by atoms with van der Waals surface area (Å²) in [6.07, 6.45) is 5.33. The van der Waals surface area contributed by atoms with Crippen LogP contribution in [0.4, 0.5) is 15.8 Å². The lowest BCUT2D eigenvalue weighted by molar-refractivity contribution is -0.107. The highest BCUT2D eigenvalue weighted by Crippen LogP contribution is 2.23. The number of carbonyl (C=O) groups excluding carboxylic acids is 1. The van der Waals surface area contributed by atoms with Gasteiger partial charge in [-0.25, -0.2) is 9.40 Å². The Hall–Kier alpha value is -2.60. The Kier molecular flexibility index (Phi) is 7.77. The molecule has 3 rings (SSSR count). The summed E-state index contributed by atoms with van der Waals surface area (Å²) in [7, 11) is 1.13. The van der Waals surface area contributed by atoms with E-state index in [-0.39, 0.29) is 6.04 Å². The average molecular weight is 465 g/mol. The van der Waals surface area contributed by atoms with Crippen molar-refractivity contribution in [2.45, 2.75) is 25.4 Å². The molecule has 11 heteroatoms. The van der Waals surface area contributed by atoms with Crippen LogP contribution in [0.3, 0.4) is 0 Å². The Morgan fingerprint density at radius 3 is 2.72 bits per heavy atom. The van der Waals surface area contributed by atoms with Gasteiger partial charge < -0.3 is 0 Å². The van der Waals surface area contributed by atoms with E-state index in [1.807, 2.05) is 0 Å². The third-order valence-corrected chi connectivity index (χ3v) is 7.41. The van der Waals surface area contributed by atoms with Gasteiger partial charge in [-0.2, -0.15) is 17.0 Å². The van der Waals surface area contributed by atoms with Crippen LogP contribution in [-0.2, 0) is 21.5 Å². The van der Waals surface area contributed by atoms with Crippen LogP contribution in [0, 0.1) is 5.82 Å². The number of aromatic nitrogens is 1. The first-order valence-corrected chi connectivity index (χ1v) is 11.7. The number of anilines is 2. The van der Waals surface area contributed by atoms with Crippen LogP contribution < -0.4 is 10.4 Å². The van der Waals surface area contributed by atoms with Crippen molar-refractivity contribution in [3.05, 3.63) is 54.1 Å². The number of nitrogens with zero attached hydrogens (tertiary/aromatic N) is 5. The molecule has 0 radical (unpaired) electrons. The Morgan fingerprint density at radius 1 is 1.28 bits per heavy atom. The molecule has 0 saturated carbocycles. The molecule has 1 fully saturated rings. The number of nitrogens with one attached hydrogen (secondary N) is 1. The molecular formula is C21H29FN6O3S. The fourth-order valence-electron chi connectivity index (χ4n) is 3.77. The molecule has 2 aromatic rings. The third kappa shape index (κ3) is 5.80. The van der Waals surface area contributed by atoms with Crippen LogP contribution in [0.2, 0.25) is 0 Å². The molecule has 9 nitrogen and oxygen atoms in total. The Labute approximate surface area is 188 Å². The van der Waals surface area contributed by atoms with Crippen LogP contribution in [0.15, 0.2) is 42.7 Å². The fourth-order valence-corrected chi connectivity index (χ4v) is 4.83. The maximum Gasteiger partial charge on any atom is 0.281 e. The molecule has 2 heterocycles. The standard InChI is InChI=1S/C21H29FN6O3S/c1-25(2)32(30,31)26(3)21-7-5-9-27(15-21)14-17-10-18(22)12-19(11-17)24-28(16-29)20-6-4-8-23-13-20/h4,6,8,10-13,16,21,24H,5,7,9,14-15H2,1-3H3/t21-/m1/s1. The number of pyridine rings is 1. The van der Waals surface area contributed by atoms with E-state index < -0.39 is 16.0 Å². The highest BCUT2D eigenvalue weighted by Gasteiger charge is 2.31. The topological polar surface area (TPSA) is 89.1 Å². The van der Waals surface area contributed by atoms with Gasteiger partial charge in [-0.1, -0.05) is 0 Å². The second kappa shape index (κ2) is 10.3. The van der Waals surface area contributed by atoms with E-state index in [2.05, 4.69) is 15.3 Å². The quantitative estimate of drug-likeness (QED) is 0.451. The van der Waals surface area contributed by atoms with Gasteiger partial charge in [0.1, 0.15) is 5.82 Å². The van der Waals surface area contributed by atoms with Crippen LogP contribution in [0.5, 0.6) is 0 Å². The third-order valence-electron chi connectivity index (χ3n) is 5.46. The molecule has 1 aliphatic heterocycles. The van der Waals surface area contributed by atoms with E-state index in [0.29, 0.717) is 30.9 Å². The number of likely N-dealkylation sites (tertiary alicyclic amines) is 1. The molecule has 1 aromatic heterocycles. The lowest BCUT2D eigenvalue weighted by atomic mass is 10.0. The molecule has 1 saturated heterocycles. The molecule has 1 aliphatic rings. The molecule has 1 amide bonds. The van der Waals surface area contributed by atoms with Gasteiger partial charge >= 0.3 is 0 Å². The zero-order valence-electron chi connectivity index (χ0n) is 18.5. The van der Waals surface area contributed by atoms with Gasteiger partial charge in [-0.15, -0.1) is 0 Å². The molecule has 32 heavy (non-hydrogen) atoms. The van der Waals surface area contributed by atoms with Gasteiger partial charge in [0.2, 0.25) is 6.41 Å². The van der Waals surface area contributed by atoms with Crippen LogP contribution in [-0.4, -0.2) is 73.6 Å². The van der Waals surface area contributed by atoms with E-state index in [1.165, 1.54) is 46.0 Å². The van der Waals surface area contributed by atoms with Crippen LogP contribution in [0.1, 0.15) is 18.4 Å². The van der Waals surface area contributed by atoms with E-state index in [1.54, 1.807) is 31.4 Å². The highest BCUT2D eigenvalue weighted by atomic mass is 32.2. The number of piperidine rings is 1. The summed E-state index contributed by atoms with van der Waals surface area (Å²) < 4.78 is 41.9. The van der Waals surface area contributed by atoms with Gasteiger partial charge in [0.05, 0.1) is 17.6 Å². The van der Waals surface area contributed by atoms with E-state index >= 15 is 0 Å². The predicted octanol–water partition coefficient (Wildman–Crippen LogP) is 1.91. The normalized spacial score (nSPS) is 17.5. The molecule has 0 bridgehead atoms. The first-order valence-electron chi connectivity index (χ1n) is 10.3. The minimum Gasteiger partial charge on any atom is -0.297 e. The maximum absolute atomic E-state index is 14.3. The smallest absolute Gasteiger partial charge is 0.281 e. The van der Waals surface area contributed by atoms with E-state index in [0.717, 1.165) is 24.9 Å². The van der Waals surface area contributed by atoms with Crippen molar-refractivity contribution < 1.29 is 17.6 Å². The summed E-state index contributed by atoms with van der Waals surface area (Å²) >= 11 is 0. The van der Waals surface area contributed by atoms with E-state index in [9.17, 15) is 17.6 Å². The summed E-state index contributed by atoms with van der Waals surface area (Å²) in [6.45, 7) is 1.81. The Balaban J connectivity index is 1.71. The molecule has 1 aromatic carbocycles. The Morgan fingerprint density at radius 2 is 2.06 bits per heavy atom. The molecular weight excluding hydrogens is 435 g/mol. The first kappa shape index (κ1) is 24.1. The summed E-state index contributed by atoms with van der Waals surface area (Å²) in [6, 6.07) is 7.79. The second-order valence-corrected chi connectivity index (χ2v) is 10.2. The van der Waals surface area contributed by atoms with Crippen molar-refractivity contribution in [2.75, 3.05) is 44.7 Å².